The SMILES string of the molecule is C1CCC(P(C2CCCCC2)C2CCCCC2)CC1.C1CCC(P(C2CCCCC2)C2CCCCC2)CC1.[Cl][Ru+2][Cl]. The molecule has 6 saturated carbocycles. The standard InChI is InChI=1S/2C18H33P.2ClH.Ru/c2*1-4-10-16(11-5-1)19(17-12-6-2-7-13-17)18-14-8-3-9-15-18;;;/h2*16-18H,1-15H2;2*1H;/q;;;;+4/p-2. The molecule has 0 aliphatic heterocycles. The molecule has 0 unspecified atom stereocenters. The monoisotopic (exact) mass is 732 g/mol. The molecule has 41 heavy (non-hydrogen) atoms. The van der Waals surface area contributed by atoms with Crippen LogP contribution in [0.5, 0.6) is 0 Å². The molecule has 6 fully saturated rings. The molecule has 0 bridgehead atoms. The number of rotatable bonds is 6. The Morgan fingerprint density at radius 1 is 0.268 bits per heavy atom. The Bertz CT molecular complexity index is 490. The first-order chi connectivity index (χ1) is 20.3. The van der Waals surface area contributed by atoms with Crippen molar-refractivity contribution in [3.05, 3.63) is 0 Å². The molecule has 0 N–H and O–H groups in total. The first kappa shape index (κ1) is 35.9. The summed E-state index contributed by atoms with van der Waals surface area (Å²) in [6.45, 7) is 0. The maximum atomic E-state index is 4.85. The topological polar surface area (TPSA) is 0 Å². The summed E-state index contributed by atoms with van der Waals surface area (Å²) in [6, 6.07) is 0. The molecule has 0 nitrogen and oxygen atoms in total. The molecule has 0 aromatic rings. The van der Waals surface area contributed by atoms with Crippen molar-refractivity contribution in [1.82, 2.24) is 0 Å². The summed E-state index contributed by atoms with van der Waals surface area (Å²) < 4.78 is 0. The number of halogens is 2. The predicted octanol–water partition coefficient (Wildman–Crippen LogP) is 14.3. The van der Waals surface area contributed by atoms with Crippen molar-refractivity contribution in [2.75, 3.05) is 0 Å². The van der Waals surface area contributed by atoms with Gasteiger partial charge in [0.15, 0.2) is 0 Å². The van der Waals surface area contributed by atoms with E-state index < -0.39 is 0 Å². The molecule has 5 heteroatoms. The summed E-state index contributed by atoms with van der Waals surface area (Å²) in [5, 5.41) is 0. The predicted molar refractivity (Wildman–Crippen MR) is 187 cm³/mol. The second-order valence-electron chi connectivity index (χ2n) is 14.7. The molecule has 0 aromatic heterocycles. The average Bonchev–Trinajstić information content (AvgIpc) is 3.05. The normalized spacial score (nSPS) is 27.2. The van der Waals surface area contributed by atoms with Gasteiger partial charge in [-0.2, -0.15) is 0 Å². The Hall–Kier alpha value is 2.06. The van der Waals surface area contributed by atoms with Gasteiger partial charge >= 0.3 is 34.5 Å². The van der Waals surface area contributed by atoms with Gasteiger partial charge < -0.3 is 0 Å². The number of hydrogen-bond acceptors (Lipinski definition) is 0. The minimum atomic E-state index is -0.346. The van der Waals surface area contributed by atoms with Crippen LogP contribution in [0.2, 0.25) is 0 Å². The molecule has 0 heterocycles. The van der Waals surface area contributed by atoms with E-state index in [1.165, 1.54) is 72.5 Å². The van der Waals surface area contributed by atoms with Crippen molar-refractivity contribution in [2.45, 2.75) is 227 Å². The first-order valence-corrected chi connectivity index (χ1v) is 26.3. The van der Waals surface area contributed by atoms with Gasteiger partial charge in [0.05, 0.1) is 0 Å². The second-order valence-corrected chi connectivity index (χ2v) is 23.5. The maximum absolute atomic E-state index is 4.85. The zero-order valence-corrected chi connectivity index (χ0v) is 31.7. The van der Waals surface area contributed by atoms with E-state index in [0.717, 1.165) is 0 Å². The van der Waals surface area contributed by atoms with Crippen LogP contribution in [0.1, 0.15) is 193 Å². The van der Waals surface area contributed by atoms with Crippen LogP contribution in [0.15, 0.2) is 0 Å². The van der Waals surface area contributed by atoms with Gasteiger partial charge in [-0.25, -0.2) is 0 Å². The van der Waals surface area contributed by atoms with Crippen LogP contribution in [-0.4, -0.2) is 34.0 Å². The molecule has 0 spiro atoms. The Morgan fingerprint density at radius 2 is 0.390 bits per heavy atom. The fraction of sp³-hybridized carbons (Fsp3) is 1.00. The molecule has 240 valence electrons. The summed E-state index contributed by atoms with van der Waals surface area (Å²) in [5.41, 5.74) is 7.14. The van der Waals surface area contributed by atoms with Crippen molar-refractivity contribution in [3.8, 4) is 0 Å². The van der Waals surface area contributed by atoms with E-state index in [9.17, 15) is 0 Å². The van der Waals surface area contributed by atoms with Crippen molar-refractivity contribution in [1.29, 1.82) is 0 Å². The van der Waals surface area contributed by atoms with Crippen LogP contribution >= 0.6 is 35.2 Å². The summed E-state index contributed by atoms with van der Waals surface area (Å²) >= 11 is -0.346. The Balaban J connectivity index is 0.000000173. The van der Waals surface area contributed by atoms with Crippen LogP contribution in [0.25, 0.3) is 0 Å². The van der Waals surface area contributed by atoms with Crippen LogP contribution in [0.4, 0.5) is 0 Å². The van der Waals surface area contributed by atoms with Crippen LogP contribution < -0.4 is 0 Å². The Kier molecular flexibility index (Phi) is 19.1. The molecule has 0 aromatic carbocycles. The molecule has 6 aliphatic carbocycles. The zero-order chi connectivity index (χ0) is 28.5. The third-order valence-corrected chi connectivity index (χ3v) is 20.1. The van der Waals surface area contributed by atoms with E-state index in [1.807, 2.05) is 0 Å². The summed E-state index contributed by atoms with van der Waals surface area (Å²) in [4.78, 5) is 0. The third-order valence-electron chi connectivity index (χ3n) is 12.0. The van der Waals surface area contributed by atoms with Gasteiger partial charge in [-0.3, -0.25) is 0 Å². The van der Waals surface area contributed by atoms with Gasteiger partial charge in [-0.05, 0) is 111 Å². The molecule has 0 atom stereocenters. The van der Waals surface area contributed by atoms with Crippen LogP contribution in [-0.2, 0) is 15.1 Å². The first-order valence-electron chi connectivity index (χ1n) is 18.7. The minimum absolute atomic E-state index is 0.346. The fourth-order valence-electron chi connectivity index (χ4n) is 10.1. The zero-order valence-electron chi connectivity index (χ0n) is 26.7. The quantitative estimate of drug-likeness (QED) is 0.188. The summed E-state index contributed by atoms with van der Waals surface area (Å²) in [6.07, 6.45) is 47.2. The summed E-state index contributed by atoms with van der Waals surface area (Å²) in [5.74, 6) is 0. The van der Waals surface area contributed by atoms with Crippen molar-refractivity contribution in [3.63, 3.8) is 0 Å². The van der Waals surface area contributed by atoms with Gasteiger partial charge in [0, 0.05) is 0 Å². The van der Waals surface area contributed by atoms with Crippen molar-refractivity contribution < 1.29 is 15.1 Å². The van der Waals surface area contributed by atoms with Gasteiger partial charge in [0.25, 0.3) is 0 Å². The molecule has 0 amide bonds. The van der Waals surface area contributed by atoms with Gasteiger partial charge in [-0.15, -0.1) is 0 Å². The van der Waals surface area contributed by atoms with Gasteiger partial charge in [0.2, 0.25) is 0 Å². The van der Waals surface area contributed by atoms with E-state index >= 15 is 0 Å². The summed E-state index contributed by atoms with van der Waals surface area (Å²) in [7, 11) is 10.5. The van der Waals surface area contributed by atoms with Crippen molar-refractivity contribution >= 4 is 35.2 Å². The third kappa shape index (κ3) is 12.3. The molecule has 6 aliphatic rings. The van der Waals surface area contributed by atoms with E-state index in [0.29, 0.717) is 15.8 Å². The molecular formula is C36H66Cl2P2Ru+2. The number of hydrogen-bond donors (Lipinski definition) is 0. The van der Waals surface area contributed by atoms with Gasteiger partial charge in [-0.1, -0.05) is 131 Å². The molecule has 0 saturated heterocycles. The molecule has 0 radical (unpaired) electrons. The molecule has 6 rings (SSSR count). The average molecular weight is 733 g/mol. The van der Waals surface area contributed by atoms with Crippen LogP contribution in [0, 0.1) is 0 Å². The van der Waals surface area contributed by atoms with Crippen molar-refractivity contribution in [2.24, 2.45) is 0 Å². The Labute approximate surface area is 275 Å². The molecular weight excluding hydrogens is 666 g/mol. The van der Waals surface area contributed by atoms with E-state index in [4.69, 9.17) is 19.4 Å². The van der Waals surface area contributed by atoms with Crippen LogP contribution in [0.3, 0.4) is 0 Å². The van der Waals surface area contributed by atoms with Gasteiger partial charge in [0.1, 0.15) is 0 Å². The Morgan fingerprint density at radius 3 is 0.512 bits per heavy atom. The second kappa shape index (κ2) is 21.8. The van der Waals surface area contributed by atoms with E-state index in [-0.39, 0.29) is 15.1 Å². The fourth-order valence-corrected chi connectivity index (χ4v) is 19.4. The van der Waals surface area contributed by atoms with E-state index in [2.05, 4.69) is 0 Å². The van der Waals surface area contributed by atoms with E-state index in [1.54, 1.807) is 154 Å².